The summed E-state index contributed by atoms with van der Waals surface area (Å²) in [7, 11) is 0. The molecule has 1 heterocycles. The average Bonchev–Trinajstić information content (AvgIpc) is 3.25. The molecule has 0 fully saturated rings. The molecule has 0 radical (unpaired) electrons. The van der Waals surface area contributed by atoms with Crippen LogP contribution in [-0.4, -0.2) is 9.97 Å². The Kier molecular flexibility index (Phi) is 9.61. The Morgan fingerprint density at radius 2 is 1.47 bits per heavy atom. The summed E-state index contributed by atoms with van der Waals surface area (Å²) in [5, 5.41) is 1.18. The van der Waals surface area contributed by atoms with Crippen molar-refractivity contribution in [3.05, 3.63) is 75.0 Å². The zero-order chi connectivity index (χ0) is 22.1. The fourth-order valence-corrected chi connectivity index (χ4v) is 3.94. The number of nitrogens with zero attached hydrogens (tertiary/aromatic N) is 2. The zero-order valence-electron chi connectivity index (χ0n) is 18.3. The smallest absolute Gasteiger partial charge is 0.145 e. The Hall–Kier alpha value is -2.10. The topological polar surface area (TPSA) is 51.8 Å². The fraction of sp³-hybridized carbons (Fsp3) is 0.360. The molecule has 3 aromatic rings. The van der Waals surface area contributed by atoms with Gasteiger partial charge in [0.1, 0.15) is 5.82 Å². The van der Waals surface area contributed by atoms with Gasteiger partial charge < -0.3 is 5.73 Å². The number of halogens is 2. The number of aromatic nitrogens is 2. The Balaban J connectivity index is 0.000000241. The molecule has 0 atom stereocenters. The first-order valence-corrected chi connectivity index (χ1v) is 11.5. The molecule has 0 amide bonds. The summed E-state index contributed by atoms with van der Waals surface area (Å²) in [5.74, 6) is 0.494. The van der Waals surface area contributed by atoms with Gasteiger partial charge in [-0.2, -0.15) is 0 Å². The van der Waals surface area contributed by atoms with Crippen molar-refractivity contribution in [3.8, 4) is 11.3 Å². The highest BCUT2D eigenvalue weighted by atomic mass is 35.5. The zero-order valence-corrected chi connectivity index (χ0v) is 19.8. The number of anilines is 1. The summed E-state index contributed by atoms with van der Waals surface area (Å²) in [5.41, 5.74) is 12.3. The molecule has 1 aliphatic carbocycles. The summed E-state index contributed by atoms with van der Waals surface area (Å²) in [6.07, 6.45) is 5.45. The summed E-state index contributed by atoms with van der Waals surface area (Å²) >= 11 is 12.2. The van der Waals surface area contributed by atoms with E-state index in [0.29, 0.717) is 15.9 Å². The van der Waals surface area contributed by atoms with Crippen LogP contribution >= 0.6 is 23.2 Å². The maximum Gasteiger partial charge on any atom is 0.145 e. The molecule has 3 nitrogen and oxygen atoms in total. The molecule has 0 aliphatic heterocycles. The Morgan fingerprint density at radius 1 is 0.867 bits per heavy atom. The van der Waals surface area contributed by atoms with Gasteiger partial charge in [-0.3, -0.25) is 0 Å². The van der Waals surface area contributed by atoms with Gasteiger partial charge in [0.15, 0.2) is 0 Å². The van der Waals surface area contributed by atoms with Crippen molar-refractivity contribution in [2.75, 3.05) is 5.73 Å². The predicted octanol–water partition coefficient (Wildman–Crippen LogP) is 7.36. The van der Waals surface area contributed by atoms with Gasteiger partial charge in [0.2, 0.25) is 0 Å². The van der Waals surface area contributed by atoms with Crippen LogP contribution in [0.3, 0.4) is 0 Å². The number of benzene rings is 2. The molecule has 0 unspecified atom stereocenters. The quantitative estimate of drug-likeness (QED) is 0.459. The van der Waals surface area contributed by atoms with Crippen molar-refractivity contribution in [1.29, 1.82) is 0 Å². The highest BCUT2D eigenvalue weighted by Crippen LogP contribution is 2.32. The largest absolute Gasteiger partial charge is 0.382 e. The third-order valence-corrected chi connectivity index (χ3v) is 5.49. The van der Waals surface area contributed by atoms with E-state index < -0.39 is 0 Å². The van der Waals surface area contributed by atoms with Crippen LogP contribution in [0.1, 0.15) is 56.6 Å². The molecule has 4 rings (SSSR count). The molecule has 2 N–H and O–H groups in total. The van der Waals surface area contributed by atoms with Crippen LogP contribution in [0.25, 0.3) is 11.3 Å². The minimum absolute atomic E-state index is 0.494. The highest BCUT2D eigenvalue weighted by molar-refractivity contribution is 6.36. The van der Waals surface area contributed by atoms with Crippen LogP contribution < -0.4 is 5.73 Å². The summed E-state index contributed by atoms with van der Waals surface area (Å²) < 4.78 is 0. The molecule has 0 saturated heterocycles. The van der Waals surface area contributed by atoms with Gasteiger partial charge in [-0.15, -0.1) is 0 Å². The third-order valence-electron chi connectivity index (χ3n) is 4.94. The van der Waals surface area contributed by atoms with Gasteiger partial charge in [0.25, 0.3) is 0 Å². The van der Waals surface area contributed by atoms with Crippen LogP contribution in [0.5, 0.6) is 0 Å². The average molecular weight is 444 g/mol. The molecule has 2 aromatic carbocycles. The van der Waals surface area contributed by atoms with Gasteiger partial charge in [-0.05, 0) is 61.4 Å². The number of rotatable bonds is 3. The summed E-state index contributed by atoms with van der Waals surface area (Å²) in [6.45, 7) is 8.02. The van der Waals surface area contributed by atoms with E-state index in [1.54, 1.807) is 23.3 Å². The van der Waals surface area contributed by atoms with Gasteiger partial charge in [0, 0.05) is 10.6 Å². The second kappa shape index (κ2) is 11.9. The Labute approximate surface area is 190 Å². The summed E-state index contributed by atoms with van der Waals surface area (Å²) in [6, 6.07) is 14.1. The predicted molar refractivity (Wildman–Crippen MR) is 130 cm³/mol. The van der Waals surface area contributed by atoms with Crippen LogP contribution in [0.15, 0.2) is 42.5 Å². The lowest BCUT2D eigenvalue weighted by molar-refractivity contribution is 0.912. The number of hydrogen-bond acceptors (Lipinski definition) is 3. The number of nitrogen functional groups attached to an aromatic ring is 1. The lowest BCUT2D eigenvalue weighted by Gasteiger charge is -2.12. The Bertz CT molecular complexity index is 948. The van der Waals surface area contributed by atoms with Gasteiger partial charge >= 0.3 is 0 Å². The van der Waals surface area contributed by atoms with E-state index in [2.05, 4.69) is 34.2 Å². The van der Waals surface area contributed by atoms with Crippen molar-refractivity contribution in [2.45, 2.75) is 59.8 Å². The third kappa shape index (κ3) is 5.96. The van der Waals surface area contributed by atoms with E-state index >= 15 is 0 Å². The number of aryl methyl sites for hydroxylation is 4. The molecule has 0 saturated carbocycles. The monoisotopic (exact) mass is 443 g/mol. The van der Waals surface area contributed by atoms with E-state index in [1.165, 1.54) is 19.3 Å². The van der Waals surface area contributed by atoms with E-state index in [-0.39, 0.29) is 0 Å². The van der Waals surface area contributed by atoms with Crippen molar-refractivity contribution in [3.63, 3.8) is 0 Å². The van der Waals surface area contributed by atoms with Gasteiger partial charge in [0.05, 0.1) is 22.1 Å². The van der Waals surface area contributed by atoms with Crippen molar-refractivity contribution < 1.29 is 0 Å². The molecule has 0 bridgehead atoms. The second-order valence-electron chi connectivity index (χ2n) is 6.80. The van der Waals surface area contributed by atoms with Crippen LogP contribution in [-0.2, 0) is 25.7 Å². The molecule has 1 aliphatic rings. The van der Waals surface area contributed by atoms with Crippen LogP contribution in [0, 0.1) is 0 Å². The molecule has 30 heavy (non-hydrogen) atoms. The number of fused-ring (bicyclic) bond motifs is 1. The SMILES string of the molecule is CC.CCc1nc(-c2ccc(Cl)cc2Cl)c(CC)nc1N.c1ccc2c(c1)CCC2. The maximum atomic E-state index is 6.24. The maximum absolute atomic E-state index is 6.24. The highest BCUT2D eigenvalue weighted by Gasteiger charge is 2.14. The Morgan fingerprint density at radius 3 is 2.00 bits per heavy atom. The standard InChI is InChI=1S/C14H15Cl2N3.C9H10.C2H6/c1-3-11-13(18-12(4-2)14(17)19-11)9-6-5-8(15)7-10(9)16;1-2-5-9-7-3-6-8(9)4-1;1-2/h5-7H,3-4H2,1-2H3,(H2,17,19);1-2,4-5H,3,6-7H2;1-2H3. The molecular formula is C25H31Cl2N3. The first-order chi connectivity index (χ1) is 14.5. The molecule has 5 heteroatoms. The first kappa shape index (κ1) is 24.2. The van der Waals surface area contributed by atoms with Crippen molar-refractivity contribution in [1.82, 2.24) is 9.97 Å². The lowest BCUT2D eigenvalue weighted by atomic mass is 10.1. The molecular weight excluding hydrogens is 413 g/mol. The second-order valence-corrected chi connectivity index (χ2v) is 7.65. The van der Waals surface area contributed by atoms with Crippen LogP contribution in [0.2, 0.25) is 10.0 Å². The van der Waals surface area contributed by atoms with Crippen molar-refractivity contribution in [2.24, 2.45) is 0 Å². The molecule has 0 spiro atoms. The van der Waals surface area contributed by atoms with Crippen LogP contribution in [0.4, 0.5) is 5.82 Å². The summed E-state index contributed by atoms with van der Waals surface area (Å²) in [4.78, 5) is 9.03. The molecule has 1 aromatic heterocycles. The normalized spacial score (nSPS) is 11.7. The molecule has 160 valence electrons. The van der Waals surface area contributed by atoms with Gasteiger partial charge in [-0.25, -0.2) is 9.97 Å². The van der Waals surface area contributed by atoms with E-state index in [9.17, 15) is 0 Å². The van der Waals surface area contributed by atoms with E-state index in [0.717, 1.165) is 35.5 Å². The number of hydrogen-bond donors (Lipinski definition) is 1. The minimum Gasteiger partial charge on any atom is -0.382 e. The number of nitrogens with two attached hydrogens (primary N) is 1. The van der Waals surface area contributed by atoms with E-state index in [1.807, 2.05) is 33.8 Å². The van der Waals surface area contributed by atoms with Crippen molar-refractivity contribution >= 4 is 29.0 Å². The van der Waals surface area contributed by atoms with E-state index in [4.69, 9.17) is 28.9 Å². The minimum atomic E-state index is 0.494. The van der Waals surface area contributed by atoms with Gasteiger partial charge in [-0.1, -0.05) is 75.2 Å². The fourth-order valence-electron chi connectivity index (χ4n) is 3.44. The lowest BCUT2D eigenvalue weighted by Crippen LogP contribution is -2.06. The first-order valence-electron chi connectivity index (χ1n) is 10.7.